The summed E-state index contributed by atoms with van der Waals surface area (Å²) in [5, 5.41) is 22.1. The molecule has 5 rings (SSSR count). The molecule has 0 amide bonds. The van der Waals surface area contributed by atoms with E-state index in [2.05, 4.69) is 27.2 Å². The lowest BCUT2D eigenvalue weighted by Gasteiger charge is -2.33. The van der Waals surface area contributed by atoms with Crippen molar-refractivity contribution in [1.82, 2.24) is 19.5 Å². The molecule has 5 heterocycles. The van der Waals surface area contributed by atoms with Crippen LogP contribution in [0.3, 0.4) is 0 Å². The van der Waals surface area contributed by atoms with E-state index in [9.17, 15) is 19.3 Å². The van der Waals surface area contributed by atoms with Crippen molar-refractivity contribution in [2.24, 2.45) is 0 Å². The molecule has 3 aliphatic rings. The molecule has 3 saturated heterocycles. The maximum absolute atomic E-state index is 12.9. The number of rotatable bonds is 1. The van der Waals surface area contributed by atoms with Crippen molar-refractivity contribution in [3.05, 3.63) is 12.7 Å². The average molecular weight is 539 g/mol. The van der Waals surface area contributed by atoms with E-state index < -0.39 is 57.4 Å². The number of nitrogen functional groups attached to an aromatic ring is 1. The minimum Gasteiger partial charge on any atom is -0.385 e. The predicted molar refractivity (Wildman–Crippen MR) is 117 cm³/mol. The van der Waals surface area contributed by atoms with Gasteiger partial charge >= 0.3 is 15.1 Å². The number of anilines is 1. The van der Waals surface area contributed by atoms with E-state index in [0.717, 1.165) is 0 Å². The van der Waals surface area contributed by atoms with Crippen LogP contribution in [0.25, 0.3) is 11.2 Å². The summed E-state index contributed by atoms with van der Waals surface area (Å²) >= 11 is 3.99. The number of hydrogen-bond donors (Lipinski definition) is 4. The van der Waals surface area contributed by atoms with Gasteiger partial charge in [0.1, 0.15) is 41.9 Å². The van der Waals surface area contributed by atoms with Crippen molar-refractivity contribution in [2.45, 2.75) is 42.7 Å². The van der Waals surface area contributed by atoms with Gasteiger partial charge in [-0.3, -0.25) is 22.7 Å². The summed E-state index contributed by atoms with van der Waals surface area (Å²) in [5.74, 6) is 0.0952. The molecule has 4 N–H and O–H groups in total. The Kier molecular flexibility index (Phi) is 6.31. The molecule has 2 aromatic rings. The number of nitrogens with zero attached hydrogens (tertiary/aromatic N) is 4. The van der Waals surface area contributed by atoms with Gasteiger partial charge in [0, 0.05) is 0 Å². The van der Waals surface area contributed by atoms with Gasteiger partial charge in [-0.15, -0.1) is 0 Å². The van der Waals surface area contributed by atoms with Gasteiger partial charge in [-0.05, 0) is 6.92 Å². The minimum absolute atomic E-state index is 0.0952. The van der Waals surface area contributed by atoms with E-state index in [-0.39, 0.29) is 36.8 Å². The zero-order valence-corrected chi connectivity index (χ0v) is 20.5. The monoisotopic (exact) mass is 539 g/mol. The topological polar surface area (TPSA) is 200 Å². The Balaban J connectivity index is 1.47. The van der Waals surface area contributed by atoms with Crippen LogP contribution in [0.1, 0.15) is 6.92 Å². The normalized spacial score (nSPS) is 43.7. The SMILES string of the molecule is C[C@]1(O)CO[C@@H]2CO[PH](=O)OC3[C@@H](CO[P@](=O)(S)O[C@@H]21)OCC3(O)n1cnc2c(N)ncnc21. The van der Waals surface area contributed by atoms with Gasteiger partial charge in [0.25, 0.3) is 0 Å². The molecule has 0 radical (unpaired) electrons. The largest absolute Gasteiger partial charge is 0.386 e. The first-order chi connectivity index (χ1) is 16.0. The summed E-state index contributed by atoms with van der Waals surface area (Å²) < 4.78 is 59.8. The number of imidazole rings is 1. The van der Waals surface area contributed by atoms with Crippen LogP contribution in [0.4, 0.5) is 5.82 Å². The summed E-state index contributed by atoms with van der Waals surface area (Å²) in [7, 11) is -3.24. The summed E-state index contributed by atoms with van der Waals surface area (Å²) in [4.78, 5) is 12.1. The Labute approximate surface area is 198 Å². The molecule has 0 aliphatic carbocycles. The van der Waals surface area contributed by atoms with Crippen LogP contribution in [0.2, 0.25) is 0 Å². The lowest BCUT2D eigenvalue weighted by molar-refractivity contribution is -0.102. The highest BCUT2D eigenvalue weighted by Gasteiger charge is 2.55. The Morgan fingerprint density at radius 1 is 1.21 bits per heavy atom. The van der Waals surface area contributed by atoms with Crippen molar-refractivity contribution in [3.8, 4) is 0 Å². The van der Waals surface area contributed by atoms with Gasteiger partial charge < -0.3 is 29.9 Å². The Hall–Kier alpha value is -1.16. The number of aliphatic hydroxyl groups is 2. The van der Waals surface area contributed by atoms with Crippen molar-refractivity contribution in [1.29, 1.82) is 0 Å². The van der Waals surface area contributed by atoms with E-state index in [1.807, 2.05) is 0 Å². The van der Waals surface area contributed by atoms with Gasteiger partial charge in [-0.1, -0.05) is 12.2 Å². The van der Waals surface area contributed by atoms with Crippen molar-refractivity contribution < 1.29 is 46.9 Å². The Morgan fingerprint density at radius 2 is 1.94 bits per heavy atom. The van der Waals surface area contributed by atoms with Crippen LogP contribution >= 0.6 is 27.3 Å². The van der Waals surface area contributed by atoms with Gasteiger partial charge in [0.2, 0.25) is 0 Å². The fourth-order valence-electron chi connectivity index (χ4n) is 4.14. The molecule has 0 bridgehead atoms. The minimum atomic E-state index is -4.04. The molecule has 15 nitrogen and oxygen atoms in total. The van der Waals surface area contributed by atoms with E-state index in [0.29, 0.717) is 0 Å². The molecule has 34 heavy (non-hydrogen) atoms. The quantitative estimate of drug-likeness (QED) is 0.275. The standard InChI is InChI=1S/C16H23N5O10P2S/c1-15(22)4-26-8-2-28-32(24)30-12-9(3-29-33(25,34)31-11(8)15)27-5-16(12,23)21-7-20-10-13(17)18-6-19-14(10)21/h6-9,11-12,22-23,32H,2-5H2,1H3,(H,25,34)(H2,17,18,19)/t8-,9-,11+,12?,15+,16?,33+/m1/s1. The fraction of sp³-hybridized carbons (Fsp3) is 0.688. The second kappa shape index (κ2) is 8.75. The first-order valence-corrected chi connectivity index (χ1v) is 14.0. The number of aromatic nitrogens is 4. The molecule has 2 aromatic heterocycles. The highest BCUT2D eigenvalue weighted by atomic mass is 32.7. The zero-order valence-electron chi connectivity index (χ0n) is 17.7. The third-order valence-electron chi connectivity index (χ3n) is 5.86. The van der Waals surface area contributed by atoms with Gasteiger partial charge in [0.05, 0.1) is 32.8 Å². The fourth-order valence-corrected chi connectivity index (χ4v) is 6.60. The van der Waals surface area contributed by atoms with Crippen molar-refractivity contribution in [2.75, 3.05) is 32.2 Å². The molecule has 3 aliphatic heterocycles. The van der Waals surface area contributed by atoms with E-state index in [4.69, 9.17) is 33.3 Å². The molecule has 188 valence electrons. The average Bonchev–Trinajstić information content (AvgIpc) is 3.41. The highest BCUT2D eigenvalue weighted by Crippen LogP contribution is 2.57. The number of fused-ring (bicyclic) bond motifs is 3. The molecular formula is C16H23N5O10P2S. The highest BCUT2D eigenvalue weighted by molar-refractivity contribution is 8.44. The summed E-state index contributed by atoms with van der Waals surface area (Å²) in [6, 6.07) is 0. The van der Waals surface area contributed by atoms with Gasteiger partial charge in [0.15, 0.2) is 17.2 Å². The molecule has 3 unspecified atom stereocenters. The van der Waals surface area contributed by atoms with Gasteiger partial charge in [-0.25, -0.2) is 19.5 Å². The number of hydrogen-bond acceptors (Lipinski definition) is 14. The molecule has 18 heteroatoms. The number of ether oxygens (including phenoxy) is 2. The van der Waals surface area contributed by atoms with Crippen LogP contribution in [0, 0.1) is 0 Å². The second-order valence-corrected chi connectivity index (χ2v) is 12.3. The van der Waals surface area contributed by atoms with Crippen LogP contribution in [0.5, 0.6) is 0 Å². The van der Waals surface area contributed by atoms with Crippen LogP contribution in [-0.2, 0) is 42.4 Å². The van der Waals surface area contributed by atoms with E-state index in [1.54, 1.807) is 0 Å². The predicted octanol–water partition coefficient (Wildman–Crippen LogP) is -0.153. The maximum Gasteiger partial charge on any atom is 0.386 e. The molecule has 8 atom stereocenters. The number of nitrogens with two attached hydrogens (primary N) is 1. The van der Waals surface area contributed by atoms with Gasteiger partial charge in [-0.2, -0.15) is 0 Å². The van der Waals surface area contributed by atoms with Crippen molar-refractivity contribution in [3.63, 3.8) is 0 Å². The van der Waals surface area contributed by atoms with Crippen LogP contribution in [0.15, 0.2) is 12.7 Å². The van der Waals surface area contributed by atoms with E-state index >= 15 is 0 Å². The van der Waals surface area contributed by atoms with E-state index in [1.165, 1.54) is 24.1 Å². The molecule has 0 aromatic carbocycles. The first-order valence-electron chi connectivity index (χ1n) is 10.1. The smallest absolute Gasteiger partial charge is 0.385 e. The molecular weight excluding hydrogens is 516 g/mol. The summed E-state index contributed by atoms with van der Waals surface area (Å²) in [6.45, 7) is -3.85. The maximum atomic E-state index is 12.9. The van der Waals surface area contributed by atoms with Crippen molar-refractivity contribution >= 4 is 44.3 Å². The Morgan fingerprint density at radius 3 is 2.74 bits per heavy atom. The summed E-state index contributed by atoms with van der Waals surface area (Å²) in [5.41, 5.74) is 2.77. The molecule has 0 saturated carbocycles. The van der Waals surface area contributed by atoms with Crippen LogP contribution in [-0.4, -0.2) is 86.2 Å². The third-order valence-corrected chi connectivity index (χ3v) is 8.31. The molecule has 3 fully saturated rings. The summed E-state index contributed by atoms with van der Waals surface area (Å²) in [6.07, 6.45) is -1.99. The second-order valence-electron chi connectivity index (χ2n) is 8.37. The first kappa shape index (κ1) is 24.5. The number of thiol groups is 1. The lowest BCUT2D eigenvalue weighted by Crippen LogP contribution is -2.48. The zero-order chi connectivity index (χ0) is 24.3. The molecule has 0 spiro atoms. The Bertz CT molecular complexity index is 1170. The van der Waals surface area contributed by atoms with Crippen LogP contribution < -0.4 is 5.73 Å². The lowest BCUT2D eigenvalue weighted by atomic mass is 10.00. The third kappa shape index (κ3) is 4.31.